The molecule has 10 nitrogen and oxygen atoms in total. The number of nitrogens with zero attached hydrogens (tertiary/aromatic N) is 1. The predicted octanol–water partition coefficient (Wildman–Crippen LogP) is 1.02. The molecular weight excluding hydrogens is 466 g/mol. The van der Waals surface area contributed by atoms with E-state index in [0.29, 0.717) is 0 Å². The number of hydrogen-bond donors (Lipinski definition) is 3. The number of aliphatic hydroxyl groups is 1. The number of carbonyl (C=O) groups is 1. The van der Waals surface area contributed by atoms with Crippen LogP contribution in [0.3, 0.4) is 0 Å². The maximum Gasteiger partial charge on any atom is 0.330 e. The van der Waals surface area contributed by atoms with Crippen molar-refractivity contribution in [2.24, 2.45) is 0 Å². The summed E-state index contributed by atoms with van der Waals surface area (Å²) in [6, 6.07) is 18.6. The fraction of sp³-hybridized carbons (Fsp3) is 0.346. The molecule has 2 aromatic carbocycles. The number of nitrogens with one attached hydrogen (secondary N) is 2. The lowest BCUT2D eigenvalue weighted by atomic mass is 9.94. The fourth-order valence-corrected chi connectivity index (χ4v) is 4.24. The lowest BCUT2D eigenvalue weighted by molar-refractivity contribution is -0.178. The van der Waals surface area contributed by atoms with Crippen molar-refractivity contribution in [1.82, 2.24) is 14.9 Å². The molecule has 3 aromatic rings. The second kappa shape index (κ2) is 11.0. The smallest absolute Gasteiger partial charge is 0.330 e. The van der Waals surface area contributed by atoms with Crippen molar-refractivity contribution < 1.29 is 24.1 Å². The minimum atomic E-state index is -1.79. The van der Waals surface area contributed by atoms with Crippen molar-refractivity contribution in [3.05, 3.63) is 104 Å². The molecule has 1 aliphatic rings. The van der Waals surface area contributed by atoms with Crippen molar-refractivity contribution >= 4 is 5.91 Å². The first kappa shape index (κ1) is 25.5. The normalized spacial score (nSPS) is 23.5. The van der Waals surface area contributed by atoms with Gasteiger partial charge in [0.25, 0.3) is 11.5 Å². The fourth-order valence-electron chi connectivity index (χ4n) is 4.24. The van der Waals surface area contributed by atoms with E-state index in [4.69, 9.17) is 14.2 Å². The molecule has 0 spiro atoms. The Morgan fingerprint density at radius 1 is 1.08 bits per heavy atom. The summed E-state index contributed by atoms with van der Waals surface area (Å²) in [7, 11) is 1.44. The highest BCUT2D eigenvalue weighted by molar-refractivity contribution is 5.86. The van der Waals surface area contributed by atoms with Crippen LogP contribution in [0.1, 0.15) is 22.9 Å². The maximum atomic E-state index is 13.3. The van der Waals surface area contributed by atoms with Gasteiger partial charge in [-0.05, 0) is 18.1 Å². The summed E-state index contributed by atoms with van der Waals surface area (Å²) in [5, 5.41) is 13.9. The molecule has 190 valence electrons. The number of H-pyrrole nitrogens is 1. The summed E-state index contributed by atoms with van der Waals surface area (Å²) in [5.41, 5.74) is -1.18. The zero-order chi connectivity index (χ0) is 25.7. The summed E-state index contributed by atoms with van der Waals surface area (Å²) in [6.07, 6.45) is -2.66. The summed E-state index contributed by atoms with van der Waals surface area (Å²) in [6.45, 7) is 1.53. The van der Waals surface area contributed by atoms with Gasteiger partial charge >= 0.3 is 5.69 Å². The van der Waals surface area contributed by atoms with Crippen LogP contribution in [0, 0.1) is 6.92 Å². The first-order chi connectivity index (χ1) is 17.4. The monoisotopic (exact) mass is 495 g/mol. The van der Waals surface area contributed by atoms with Crippen molar-refractivity contribution in [3.8, 4) is 0 Å². The van der Waals surface area contributed by atoms with Gasteiger partial charge in [0.1, 0.15) is 12.2 Å². The molecule has 0 radical (unpaired) electrons. The van der Waals surface area contributed by atoms with Gasteiger partial charge in [-0.15, -0.1) is 0 Å². The van der Waals surface area contributed by atoms with Crippen molar-refractivity contribution in [2.45, 2.75) is 44.2 Å². The lowest BCUT2D eigenvalue weighted by Gasteiger charge is -2.32. The predicted molar refractivity (Wildman–Crippen MR) is 130 cm³/mol. The molecule has 3 N–H and O–H groups in total. The van der Waals surface area contributed by atoms with E-state index in [1.807, 2.05) is 60.7 Å². The van der Waals surface area contributed by atoms with Gasteiger partial charge in [0.15, 0.2) is 6.23 Å². The number of rotatable bonds is 9. The number of aromatic amines is 1. The van der Waals surface area contributed by atoms with Crippen LogP contribution < -0.4 is 16.6 Å². The number of carbonyl (C=O) groups excluding carboxylic acids is 1. The standard InChI is InChI=1S/C26H29N3O7/c1-17-13-29(25(33)28-22(17)31)23-20(30)21(35-15-19-11-7-4-8-12-19)26(36-23,24(32)27-2)16-34-14-18-9-5-3-6-10-18/h3-13,20-21,23,30H,14-16H2,1-2H3,(H,27,32)(H,28,31,33)/t20?,21?,23-,26-/m1/s1. The number of hydrogen-bond acceptors (Lipinski definition) is 7. The van der Waals surface area contributed by atoms with Gasteiger partial charge in [0.2, 0.25) is 5.60 Å². The molecule has 0 saturated carbocycles. The molecule has 1 aromatic heterocycles. The molecule has 1 fully saturated rings. The summed E-state index contributed by atoms with van der Waals surface area (Å²) < 4.78 is 19.2. The molecule has 1 amide bonds. The number of benzene rings is 2. The molecular formula is C26H29N3O7. The van der Waals surface area contributed by atoms with Gasteiger partial charge < -0.3 is 24.6 Å². The molecule has 2 heterocycles. The Bertz CT molecular complexity index is 1290. The zero-order valence-electron chi connectivity index (χ0n) is 20.0. The van der Waals surface area contributed by atoms with Crippen LogP contribution in [0.25, 0.3) is 0 Å². The van der Waals surface area contributed by atoms with Crippen molar-refractivity contribution in [3.63, 3.8) is 0 Å². The van der Waals surface area contributed by atoms with E-state index in [1.54, 1.807) is 0 Å². The van der Waals surface area contributed by atoms with E-state index in [9.17, 15) is 19.5 Å². The summed E-state index contributed by atoms with van der Waals surface area (Å²) >= 11 is 0. The Hall–Kier alpha value is -3.57. The average Bonchev–Trinajstić information content (AvgIpc) is 3.17. The third-order valence-electron chi connectivity index (χ3n) is 6.12. The molecule has 4 atom stereocenters. The second-order valence-corrected chi connectivity index (χ2v) is 8.64. The Kier molecular flexibility index (Phi) is 7.80. The van der Waals surface area contributed by atoms with Crippen LogP contribution in [0.15, 0.2) is 76.4 Å². The molecule has 4 rings (SSSR count). The first-order valence-electron chi connectivity index (χ1n) is 11.5. The Labute approximate surface area is 207 Å². The van der Waals surface area contributed by atoms with Crippen molar-refractivity contribution in [2.75, 3.05) is 13.7 Å². The van der Waals surface area contributed by atoms with Crippen LogP contribution in [0.5, 0.6) is 0 Å². The van der Waals surface area contributed by atoms with Crippen LogP contribution in [0.4, 0.5) is 0 Å². The Balaban J connectivity index is 1.69. The van der Waals surface area contributed by atoms with Crippen LogP contribution in [0.2, 0.25) is 0 Å². The highest BCUT2D eigenvalue weighted by Crippen LogP contribution is 2.40. The third-order valence-corrected chi connectivity index (χ3v) is 6.12. The molecule has 1 saturated heterocycles. The second-order valence-electron chi connectivity index (χ2n) is 8.64. The van der Waals surface area contributed by atoms with Crippen LogP contribution in [-0.2, 0) is 32.2 Å². The topological polar surface area (TPSA) is 132 Å². The lowest BCUT2D eigenvalue weighted by Crippen LogP contribution is -2.58. The Morgan fingerprint density at radius 3 is 2.31 bits per heavy atom. The quantitative estimate of drug-likeness (QED) is 0.404. The van der Waals surface area contributed by atoms with Gasteiger partial charge in [-0.25, -0.2) is 4.79 Å². The maximum absolute atomic E-state index is 13.3. The van der Waals surface area contributed by atoms with Gasteiger partial charge in [-0.1, -0.05) is 60.7 Å². The van der Waals surface area contributed by atoms with Gasteiger partial charge in [0, 0.05) is 18.8 Å². The summed E-state index contributed by atoms with van der Waals surface area (Å²) in [5.74, 6) is -0.579. The minimum Gasteiger partial charge on any atom is -0.386 e. The van der Waals surface area contributed by atoms with E-state index in [-0.39, 0.29) is 25.4 Å². The van der Waals surface area contributed by atoms with Crippen LogP contribution >= 0.6 is 0 Å². The largest absolute Gasteiger partial charge is 0.386 e. The van der Waals surface area contributed by atoms with Crippen LogP contribution in [-0.4, -0.2) is 52.0 Å². The van der Waals surface area contributed by atoms with E-state index in [0.717, 1.165) is 15.7 Å². The third kappa shape index (κ3) is 5.17. The minimum absolute atomic E-state index is 0.0790. The number of aromatic nitrogens is 2. The number of aryl methyl sites for hydroxylation is 1. The number of likely N-dealkylation sites (N-methyl/N-ethyl adjacent to an activating group) is 1. The number of aliphatic hydroxyl groups excluding tert-OH is 1. The average molecular weight is 496 g/mol. The molecule has 36 heavy (non-hydrogen) atoms. The van der Waals surface area contributed by atoms with E-state index >= 15 is 0 Å². The Morgan fingerprint density at radius 2 is 1.69 bits per heavy atom. The molecule has 10 heteroatoms. The number of amides is 1. The first-order valence-corrected chi connectivity index (χ1v) is 11.5. The highest BCUT2D eigenvalue weighted by atomic mass is 16.6. The summed E-state index contributed by atoms with van der Waals surface area (Å²) in [4.78, 5) is 40.0. The molecule has 0 bridgehead atoms. The number of ether oxygens (including phenoxy) is 3. The van der Waals surface area contributed by atoms with Gasteiger partial charge in [-0.2, -0.15) is 0 Å². The molecule has 1 aliphatic heterocycles. The van der Waals surface area contributed by atoms with Crippen molar-refractivity contribution in [1.29, 1.82) is 0 Å². The SMILES string of the molecule is CNC(=O)[C@]1(COCc2ccccc2)O[C@@H](n2cc(C)c(=O)[nH]c2=O)C(O)C1OCc1ccccc1. The highest BCUT2D eigenvalue weighted by Gasteiger charge is 2.61. The van der Waals surface area contributed by atoms with E-state index in [2.05, 4.69) is 10.3 Å². The van der Waals surface area contributed by atoms with E-state index in [1.165, 1.54) is 20.2 Å². The van der Waals surface area contributed by atoms with Gasteiger partial charge in [0.05, 0.1) is 19.8 Å². The van der Waals surface area contributed by atoms with Gasteiger partial charge in [-0.3, -0.25) is 19.1 Å². The molecule has 2 unspecified atom stereocenters. The molecule has 0 aliphatic carbocycles. The van der Waals surface area contributed by atoms with E-state index < -0.39 is 41.2 Å². The zero-order valence-corrected chi connectivity index (χ0v) is 20.0.